The number of halogens is 2. The average molecular weight is 332 g/mol. The third kappa shape index (κ3) is 5.83. The van der Waals surface area contributed by atoms with Gasteiger partial charge in [-0.25, -0.2) is 0 Å². The van der Waals surface area contributed by atoms with Crippen molar-refractivity contribution in [3.63, 3.8) is 0 Å². The molecule has 0 aliphatic carbocycles. The predicted molar refractivity (Wildman–Crippen MR) is 89.7 cm³/mol. The van der Waals surface area contributed by atoms with Gasteiger partial charge in [0.15, 0.2) is 0 Å². The molecule has 0 spiro atoms. The van der Waals surface area contributed by atoms with Crippen LogP contribution in [0.5, 0.6) is 0 Å². The van der Waals surface area contributed by atoms with Crippen LogP contribution in [0.25, 0.3) is 0 Å². The molecular weight excluding hydrogens is 309 g/mol. The number of benzene rings is 1. The van der Waals surface area contributed by atoms with Gasteiger partial charge < -0.3 is 15.5 Å². The average Bonchev–Trinajstić information content (AvgIpc) is 2.47. The van der Waals surface area contributed by atoms with Crippen molar-refractivity contribution in [3.05, 3.63) is 34.3 Å². The Hall–Kier alpha value is -0.810. The van der Waals surface area contributed by atoms with Crippen LogP contribution < -0.4 is 10.6 Å². The number of hydrogen-bond acceptors (Lipinski definition) is 3. The Bertz CT molecular complexity index is 462. The number of aryl methyl sites for hydroxylation is 1. The maximum atomic E-state index is 12.0. The van der Waals surface area contributed by atoms with Crippen molar-refractivity contribution in [2.75, 3.05) is 39.3 Å². The second kappa shape index (κ2) is 9.26. The molecule has 0 unspecified atom stereocenters. The molecule has 1 aliphatic heterocycles. The maximum absolute atomic E-state index is 12.0. The highest BCUT2D eigenvalue weighted by Crippen LogP contribution is 2.16. The van der Waals surface area contributed by atoms with Gasteiger partial charge in [0.1, 0.15) is 0 Å². The Kier molecular flexibility index (Phi) is 8.04. The van der Waals surface area contributed by atoms with Crippen molar-refractivity contribution in [2.45, 2.75) is 13.3 Å². The number of carbonyl (C=O) groups excluding carboxylic acids is 1. The zero-order valence-corrected chi connectivity index (χ0v) is 13.9. The molecule has 0 bridgehead atoms. The lowest BCUT2D eigenvalue weighted by Gasteiger charge is -2.27. The van der Waals surface area contributed by atoms with E-state index in [2.05, 4.69) is 15.5 Å². The number of nitrogens with zero attached hydrogens (tertiary/aromatic N) is 1. The SMILES string of the molecule is Cc1ccc(C(=O)NCCCN2CCNCC2)cc1Cl.Cl. The Labute approximate surface area is 137 Å². The van der Waals surface area contributed by atoms with Crippen LogP contribution in [0.15, 0.2) is 18.2 Å². The molecule has 1 aromatic rings. The fourth-order valence-electron chi connectivity index (χ4n) is 2.28. The Morgan fingerprint density at radius 2 is 2.10 bits per heavy atom. The molecule has 1 saturated heterocycles. The fourth-order valence-corrected chi connectivity index (χ4v) is 2.46. The molecule has 0 saturated carbocycles. The highest BCUT2D eigenvalue weighted by Gasteiger charge is 2.10. The van der Waals surface area contributed by atoms with E-state index in [1.807, 2.05) is 19.1 Å². The van der Waals surface area contributed by atoms with Gasteiger partial charge in [-0.15, -0.1) is 12.4 Å². The predicted octanol–water partition coefficient (Wildman–Crippen LogP) is 2.10. The summed E-state index contributed by atoms with van der Waals surface area (Å²) >= 11 is 6.03. The van der Waals surface area contributed by atoms with Crippen LogP contribution in [-0.2, 0) is 0 Å². The molecule has 0 radical (unpaired) electrons. The second-order valence-corrected chi connectivity index (χ2v) is 5.57. The Balaban J connectivity index is 0.00000220. The van der Waals surface area contributed by atoms with Crippen LogP contribution in [0.4, 0.5) is 0 Å². The zero-order chi connectivity index (χ0) is 14.4. The number of rotatable bonds is 5. The van der Waals surface area contributed by atoms with Crippen molar-refractivity contribution in [1.82, 2.24) is 15.5 Å². The van der Waals surface area contributed by atoms with E-state index in [-0.39, 0.29) is 18.3 Å². The molecule has 2 N–H and O–H groups in total. The van der Waals surface area contributed by atoms with Crippen LogP contribution >= 0.6 is 24.0 Å². The summed E-state index contributed by atoms with van der Waals surface area (Å²) in [5, 5.41) is 6.91. The van der Waals surface area contributed by atoms with E-state index in [9.17, 15) is 4.79 Å². The number of amides is 1. The molecule has 0 aromatic heterocycles. The number of nitrogens with one attached hydrogen (secondary N) is 2. The van der Waals surface area contributed by atoms with E-state index >= 15 is 0 Å². The summed E-state index contributed by atoms with van der Waals surface area (Å²) < 4.78 is 0. The van der Waals surface area contributed by atoms with Crippen molar-refractivity contribution < 1.29 is 4.79 Å². The second-order valence-electron chi connectivity index (χ2n) is 5.17. The zero-order valence-electron chi connectivity index (χ0n) is 12.3. The summed E-state index contributed by atoms with van der Waals surface area (Å²) in [4.78, 5) is 14.4. The first-order valence-electron chi connectivity index (χ1n) is 7.14. The van der Waals surface area contributed by atoms with Crippen molar-refractivity contribution in [2.24, 2.45) is 0 Å². The van der Waals surface area contributed by atoms with Crippen LogP contribution in [0, 0.1) is 6.92 Å². The summed E-state index contributed by atoms with van der Waals surface area (Å²) in [5.41, 5.74) is 1.62. The lowest BCUT2D eigenvalue weighted by atomic mass is 10.1. The normalized spacial score (nSPS) is 15.3. The van der Waals surface area contributed by atoms with Crippen molar-refractivity contribution in [1.29, 1.82) is 0 Å². The van der Waals surface area contributed by atoms with Crippen LogP contribution in [0.1, 0.15) is 22.3 Å². The maximum Gasteiger partial charge on any atom is 0.251 e. The van der Waals surface area contributed by atoms with Crippen molar-refractivity contribution in [3.8, 4) is 0 Å². The molecule has 4 nitrogen and oxygen atoms in total. The molecule has 1 aromatic carbocycles. The van der Waals surface area contributed by atoms with Gasteiger partial charge in [0.05, 0.1) is 0 Å². The van der Waals surface area contributed by atoms with Gasteiger partial charge in [-0.1, -0.05) is 17.7 Å². The monoisotopic (exact) mass is 331 g/mol. The van der Waals surface area contributed by atoms with Gasteiger partial charge in [-0.3, -0.25) is 4.79 Å². The van der Waals surface area contributed by atoms with Gasteiger partial charge in [0, 0.05) is 43.3 Å². The van der Waals surface area contributed by atoms with Crippen LogP contribution in [0.3, 0.4) is 0 Å². The molecule has 1 amide bonds. The molecule has 2 rings (SSSR count). The minimum absolute atomic E-state index is 0. The molecule has 6 heteroatoms. The summed E-state index contributed by atoms with van der Waals surface area (Å²) in [7, 11) is 0. The first-order valence-corrected chi connectivity index (χ1v) is 7.52. The number of piperazine rings is 1. The largest absolute Gasteiger partial charge is 0.352 e. The van der Waals surface area contributed by atoms with E-state index in [0.29, 0.717) is 17.1 Å². The minimum Gasteiger partial charge on any atom is -0.352 e. The molecule has 0 atom stereocenters. The summed E-state index contributed by atoms with van der Waals surface area (Å²) in [6.45, 7) is 7.99. The molecule has 118 valence electrons. The quantitative estimate of drug-likeness (QED) is 0.812. The van der Waals surface area contributed by atoms with Gasteiger partial charge in [-0.05, 0) is 37.6 Å². The van der Waals surface area contributed by atoms with E-state index in [4.69, 9.17) is 11.6 Å². The molecule has 1 aliphatic rings. The van der Waals surface area contributed by atoms with E-state index < -0.39 is 0 Å². The third-order valence-electron chi connectivity index (χ3n) is 3.58. The lowest BCUT2D eigenvalue weighted by molar-refractivity contribution is 0.0951. The highest BCUT2D eigenvalue weighted by molar-refractivity contribution is 6.31. The molecule has 1 heterocycles. The number of hydrogen-bond donors (Lipinski definition) is 2. The topological polar surface area (TPSA) is 44.4 Å². The summed E-state index contributed by atoms with van der Waals surface area (Å²) in [6.07, 6.45) is 0.978. The lowest BCUT2D eigenvalue weighted by Crippen LogP contribution is -2.44. The van der Waals surface area contributed by atoms with Crippen LogP contribution in [0.2, 0.25) is 5.02 Å². The Morgan fingerprint density at radius 3 is 2.76 bits per heavy atom. The van der Waals surface area contributed by atoms with E-state index in [0.717, 1.165) is 44.7 Å². The summed E-state index contributed by atoms with van der Waals surface area (Å²) in [6, 6.07) is 5.41. The fraction of sp³-hybridized carbons (Fsp3) is 0.533. The summed E-state index contributed by atoms with van der Waals surface area (Å²) in [5.74, 6) is -0.0489. The van der Waals surface area contributed by atoms with Gasteiger partial charge in [0.2, 0.25) is 0 Å². The molecular formula is C15H23Cl2N3O. The first-order chi connectivity index (χ1) is 9.66. The van der Waals surface area contributed by atoms with Crippen molar-refractivity contribution >= 4 is 29.9 Å². The Morgan fingerprint density at radius 1 is 1.38 bits per heavy atom. The minimum atomic E-state index is -0.0489. The first kappa shape index (κ1) is 18.2. The van der Waals surface area contributed by atoms with Crippen LogP contribution in [-0.4, -0.2) is 50.1 Å². The van der Waals surface area contributed by atoms with E-state index in [1.165, 1.54) is 0 Å². The third-order valence-corrected chi connectivity index (χ3v) is 3.99. The standard InChI is InChI=1S/C15H22ClN3O.ClH/c1-12-3-4-13(11-14(12)16)15(20)18-5-2-8-19-9-6-17-7-10-19;/h3-4,11,17H,2,5-10H2,1H3,(H,18,20);1H. The molecule has 21 heavy (non-hydrogen) atoms. The van der Waals surface area contributed by atoms with Gasteiger partial charge in [-0.2, -0.15) is 0 Å². The van der Waals surface area contributed by atoms with Gasteiger partial charge >= 0.3 is 0 Å². The highest BCUT2D eigenvalue weighted by atomic mass is 35.5. The number of carbonyl (C=O) groups is 1. The smallest absolute Gasteiger partial charge is 0.251 e. The molecule has 1 fully saturated rings. The van der Waals surface area contributed by atoms with Gasteiger partial charge in [0.25, 0.3) is 5.91 Å². The van der Waals surface area contributed by atoms with E-state index in [1.54, 1.807) is 6.07 Å².